The third-order valence-electron chi connectivity index (χ3n) is 5.26. The molecule has 24 heavy (non-hydrogen) atoms. The molecule has 2 unspecified atom stereocenters. The van der Waals surface area contributed by atoms with E-state index in [9.17, 15) is 4.79 Å². The van der Waals surface area contributed by atoms with E-state index in [0.717, 1.165) is 6.42 Å². The summed E-state index contributed by atoms with van der Waals surface area (Å²) >= 11 is 0. The second-order valence-electron chi connectivity index (χ2n) is 8.33. The molecule has 0 aromatic rings. The summed E-state index contributed by atoms with van der Waals surface area (Å²) in [4.78, 5) is 12.3. The predicted molar refractivity (Wildman–Crippen MR) is 107 cm³/mol. The molecule has 2 heteroatoms. The van der Waals surface area contributed by atoms with Crippen molar-refractivity contribution in [1.82, 2.24) is 0 Å². The van der Waals surface area contributed by atoms with Crippen molar-refractivity contribution in [3.05, 3.63) is 12.2 Å². The molecule has 0 aliphatic carbocycles. The first-order valence-corrected chi connectivity index (χ1v) is 10.2. The number of Topliss-reactive ketones (excluding diaryl/α,β-unsaturated/α-hetero) is 1. The fraction of sp³-hybridized carbons (Fsp3) is 0.864. The summed E-state index contributed by atoms with van der Waals surface area (Å²) in [7, 11) is 0. The Balaban J connectivity index is 4.01. The van der Waals surface area contributed by atoms with Crippen LogP contribution in [0.25, 0.3) is 0 Å². The topological polar surface area (TPSA) is 43.1 Å². The molecule has 0 aromatic heterocycles. The minimum atomic E-state index is -0.316. The highest BCUT2D eigenvalue weighted by Crippen LogP contribution is 2.30. The Hall–Kier alpha value is -0.630. The first-order chi connectivity index (χ1) is 11.2. The Morgan fingerprint density at radius 3 is 1.75 bits per heavy atom. The monoisotopic (exact) mass is 337 g/mol. The van der Waals surface area contributed by atoms with Gasteiger partial charge in [-0.25, -0.2) is 0 Å². The van der Waals surface area contributed by atoms with Gasteiger partial charge >= 0.3 is 0 Å². The van der Waals surface area contributed by atoms with Crippen molar-refractivity contribution >= 4 is 5.78 Å². The highest BCUT2D eigenvalue weighted by atomic mass is 16.1. The van der Waals surface area contributed by atoms with Crippen molar-refractivity contribution in [3.63, 3.8) is 0 Å². The maximum Gasteiger partial charge on any atom is 0.161 e. The average Bonchev–Trinajstić information content (AvgIpc) is 2.50. The van der Waals surface area contributed by atoms with Gasteiger partial charge in [-0.1, -0.05) is 84.6 Å². The molecule has 0 aliphatic rings. The van der Waals surface area contributed by atoms with Crippen molar-refractivity contribution in [2.75, 3.05) is 0 Å². The van der Waals surface area contributed by atoms with Crippen LogP contribution in [-0.2, 0) is 4.79 Å². The first-order valence-electron chi connectivity index (χ1n) is 10.2. The molecule has 0 aliphatic heterocycles. The van der Waals surface area contributed by atoms with Crippen LogP contribution in [-0.4, -0.2) is 11.3 Å². The molecule has 0 saturated carbocycles. The molecule has 2 atom stereocenters. The molecule has 0 aromatic carbocycles. The van der Waals surface area contributed by atoms with Crippen molar-refractivity contribution < 1.29 is 4.79 Å². The summed E-state index contributed by atoms with van der Waals surface area (Å²) < 4.78 is 0. The lowest BCUT2D eigenvalue weighted by atomic mass is 9.73. The fourth-order valence-corrected chi connectivity index (χ4v) is 3.69. The minimum absolute atomic E-state index is 0.0268. The largest absolute Gasteiger partial charge is 0.325 e. The molecule has 0 bridgehead atoms. The number of carbonyl (C=O) groups is 1. The van der Waals surface area contributed by atoms with Crippen molar-refractivity contribution in [2.24, 2.45) is 17.6 Å². The Bertz CT molecular complexity index is 353. The molecule has 0 radical (unpaired) electrons. The van der Waals surface area contributed by atoms with Gasteiger partial charge in [0.05, 0.1) is 0 Å². The van der Waals surface area contributed by atoms with Crippen molar-refractivity contribution in [3.8, 4) is 0 Å². The molecular formula is C22H43NO. The number of carbonyl (C=O) groups excluding carboxylic acids is 1. The lowest BCUT2D eigenvalue weighted by Gasteiger charge is -2.35. The van der Waals surface area contributed by atoms with Gasteiger partial charge in [0.1, 0.15) is 0 Å². The number of rotatable bonds is 15. The lowest BCUT2D eigenvalue weighted by molar-refractivity contribution is -0.121. The van der Waals surface area contributed by atoms with Crippen LogP contribution < -0.4 is 5.73 Å². The van der Waals surface area contributed by atoms with Crippen LogP contribution in [0, 0.1) is 11.8 Å². The van der Waals surface area contributed by atoms with Crippen molar-refractivity contribution in [2.45, 2.75) is 111 Å². The Kier molecular flexibility index (Phi) is 12.4. The van der Waals surface area contributed by atoms with Crippen LogP contribution in [0.2, 0.25) is 0 Å². The number of hydrogen-bond donors (Lipinski definition) is 1. The van der Waals surface area contributed by atoms with Gasteiger partial charge < -0.3 is 5.73 Å². The van der Waals surface area contributed by atoms with E-state index in [-0.39, 0.29) is 23.2 Å². The molecule has 2 nitrogen and oxygen atoms in total. The standard InChI is InChI=1S/C22H43NO/c1-7-8-9-10-11-12-13-14-15-16-17-20(22(5,6)23)19(4)21(24)18(2)3/h19-20H,2,7-17,23H2,1,3-6H3. The second-order valence-corrected chi connectivity index (χ2v) is 8.33. The van der Waals surface area contributed by atoms with Gasteiger partial charge in [0.25, 0.3) is 0 Å². The molecule has 142 valence electrons. The quantitative estimate of drug-likeness (QED) is 0.276. The highest BCUT2D eigenvalue weighted by Gasteiger charge is 2.33. The normalized spacial score (nSPS) is 14.4. The zero-order chi connectivity index (χ0) is 18.6. The van der Waals surface area contributed by atoms with Crippen LogP contribution in [0.4, 0.5) is 0 Å². The van der Waals surface area contributed by atoms with E-state index in [2.05, 4.69) is 27.4 Å². The van der Waals surface area contributed by atoms with Crippen LogP contribution >= 0.6 is 0 Å². The Morgan fingerprint density at radius 2 is 1.38 bits per heavy atom. The lowest BCUT2D eigenvalue weighted by Crippen LogP contribution is -2.46. The van der Waals surface area contributed by atoms with E-state index in [1.54, 1.807) is 6.92 Å². The second kappa shape index (κ2) is 12.7. The Morgan fingerprint density at radius 1 is 0.958 bits per heavy atom. The van der Waals surface area contributed by atoms with E-state index in [1.807, 2.05) is 6.92 Å². The maximum atomic E-state index is 12.3. The number of hydrogen-bond acceptors (Lipinski definition) is 2. The number of allylic oxidation sites excluding steroid dienone is 1. The molecule has 0 saturated heterocycles. The molecule has 0 rings (SSSR count). The fourth-order valence-electron chi connectivity index (χ4n) is 3.69. The third kappa shape index (κ3) is 10.3. The smallest absolute Gasteiger partial charge is 0.161 e. The summed E-state index contributed by atoms with van der Waals surface area (Å²) in [5.74, 6) is 0.377. The summed E-state index contributed by atoms with van der Waals surface area (Å²) in [6.45, 7) is 14.0. The summed E-state index contributed by atoms with van der Waals surface area (Å²) in [6.07, 6.45) is 14.4. The number of unbranched alkanes of at least 4 members (excludes halogenated alkanes) is 9. The van der Waals surface area contributed by atoms with Crippen LogP contribution in [0.15, 0.2) is 12.2 Å². The van der Waals surface area contributed by atoms with Gasteiger partial charge in [0.15, 0.2) is 5.78 Å². The van der Waals surface area contributed by atoms with Gasteiger partial charge in [0.2, 0.25) is 0 Å². The zero-order valence-electron chi connectivity index (χ0n) is 17.1. The number of ketones is 1. The first kappa shape index (κ1) is 23.4. The SMILES string of the molecule is C=C(C)C(=O)C(C)C(CCCCCCCCCCCC)C(C)(C)N. The summed E-state index contributed by atoms with van der Waals surface area (Å²) in [5.41, 5.74) is 6.69. The van der Waals surface area contributed by atoms with Gasteiger partial charge in [-0.15, -0.1) is 0 Å². The molecule has 2 N–H and O–H groups in total. The molecular weight excluding hydrogens is 294 g/mol. The molecule has 0 heterocycles. The van der Waals surface area contributed by atoms with E-state index < -0.39 is 0 Å². The van der Waals surface area contributed by atoms with Gasteiger partial charge in [-0.3, -0.25) is 4.79 Å². The van der Waals surface area contributed by atoms with E-state index in [1.165, 1.54) is 64.2 Å². The van der Waals surface area contributed by atoms with Crippen LogP contribution in [0.3, 0.4) is 0 Å². The van der Waals surface area contributed by atoms with Crippen molar-refractivity contribution in [1.29, 1.82) is 0 Å². The maximum absolute atomic E-state index is 12.3. The number of nitrogens with two attached hydrogens (primary N) is 1. The van der Waals surface area contributed by atoms with Crippen LogP contribution in [0.1, 0.15) is 105 Å². The predicted octanol–water partition coefficient (Wildman–Crippen LogP) is 6.43. The van der Waals surface area contributed by atoms with Gasteiger partial charge in [0, 0.05) is 11.5 Å². The summed E-state index contributed by atoms with van der Waals surface area (Å²) in [5, 5.41) is 0. The van der Waals surface area contributed by atoms with Crippen LogP contribution in [0.5, 0.6) is 0 Å². The minimum Gasteiger partial charge on any atom is -0.325 e. The molecule has 0 amide bonds. The summed E-state index contributed by atoms with van der Waals surface area (Å²) in [6, 6.07) is 0. The zero-order valence-corrected chi connectivity index (χ0v) is 17.1. The van der Waals surface area contributed by atoms with Gasteiger partial charge in [-0.2, -0.15) is 0 Å². The molecule has 0 spiro atoms. The average molecular weight is 338 g/mol. The van der Waals surface area contributed by atoms with E-state index in [0.29, 0.717) is 5.57 Å². The molecule has 0 fully saturated rings. The third-order valence-corrected chi connectivity index (χ3v) is 5.26. The highest BCUT2D eigenvalue weighted by molar-refractivity contribution is 5.96. The van der Waals surface area contributed by atoms with Gasteiger partial charge in [-0.05, 0) is 38.7 Å². The Labute approximate surface area is 151 Å². The van der Waals surface area contributed by atoms with E-state index in [4.69, 9.17) is 5.73 Å². The van der Waals surface area contributed by atoms with E-state index >= 15 is 0 Å².